The van der Waals surface area contributed by atoms with E-state index < -0.39 is 0 Å². The molecule has 0 fully saturated rings. The molecule has 0 aliphatic heterocycles. The third-order valence-corrected chi connectivity index (χ3v) is 2.90. The molecule has 0 spiro atoms. The molecule has 2 rings (SSSR count). The average Bonchev–Trinajstić information content (AvgIpc) is 2.81. The van der Waals surface area contributed by atoms with Crippen molar-refractivity contribution < 1.29 is 4.79 Å². The van der Waals surface area contributed by atoms with E-state index in [9.17, 15) is 4.79 Å². The Morgan fingerprint density at radius 1 is 1.25 bits per heavy atom. The van der Waals surface area contributed by atoms with Crippen LogP contribution in [0.15, 0.2) is 41.1 Å². The van der Waals surface area contributed by atoms with Crippen LogP contribution in [0.5, 0.6) is 0 Å². The van der Waals surface area contributed by atoms with Gasteiger partial charge in [0.05, 0.1) is 11.3 Å². The summed E-state index contributed by atoms with van der Waals surface area (Å²) in [4.78, 5) is 11.9. The first-order valence-electron chi connectivity index (χ1n) is 4.91. The first kappa shape index (κ1) is 10.7. The molecule has 0 radical (unpaired) electrons. The summed E-state index contributed by atoms with van der Waals surface area (Å²) in [6.45, 7) is 0. The highest BCUT2D eigenvalue weighted by Crippen LogP contribution is 2.18. The molecule has 2 N–H and O–H groups in total. The summed E-state index contributed by atoms with van der Waals surface area (Å²) in [5, 5.41) is 9.68. The SMILES string of the molecule is CNc1ccccc1C(=O)Nc1ccsc1. The first-order valence-corrected chi connectivity index (χ1v) is 5.86. The maximum absolute atomic E-state index is 11.9. The van der Waals surface area contributed by atoms with Crippen LogP contribution in [-0.2, 0) is 0 Å². The van der Waals surface area contributed by atoms with Gasteiger partial charge in [-0.2, -0.15) is 11.3 Å². The third-order valence-electron chi connectivity index (χ3n) is 2.22. The van der Waals surface area contributed by atoms with E-state index in [0.717, 1.165) is 11.4 Å². The summed E-state index contributed by atoms with van der Waals surface area (Å²) in [5.41, 5.74) is 2.31. The lowest BCUT2D eigenvalue weighted by Gasteiger charge is -2.08. The first-order chi connectivity index (χ1) is 7.81. The summed E-state index contributed by atoms with van der Waals surface area (Å²) >= 11 is 1.56. The minimum atomic E-state index is -0.0941. The fourth-order valence-electron chi connectivity index (χ4n) is 1.43. The summed E-state index contributed by atoms with van der Waals surface area (Å²) in [6.07, 6.45) is 0. The molecule has 1 heterocycles. The normalized spacial score (nSPS) is 9.81. The van der Waals surface area contributed by atoms with Gasteiger partial charge in [0.1, 0.15) is 0 Å². The van der Waals surface area contributed by atoms with Crippen LogP contribution in [0.4, 0.5) is 11.4 Å². The van der Waals surface area contributed by atoms with Gasteiger partial charge in [-0.1, -0.05) is 12.1 Å². The molecule has 4 heteroatoms. The molecular weight excluding hydrogens is 220 g/mol. The predicted molar refractivity (Wildman–Crippen MR) is 68.3 cm³/mol. The largest absolute Gasteiger partial charge is 0.387 e. The van der Waals surface area contributed by atoms with Gasteiger partial charge in [-0.15, -0.1) is 0 Å². The minimum Gasteiger partial charge on any atom is -0.387 e. The zero-order chi connectivity index (χ0) is 11.4. The standard InChI is InChI=1S/C12H12N2OS/c1-13-11-5-3-2-4-10(11)12(15)14-9-6-7-16-8-9/h2-8,13H,1H3,(H,14,15). The molecule has 3 nitrogen and oxygen atoms in total. The zero-order valence-corrected chi connectivity index (χ0v) is 9.67. The summed E-state index contributed by atoms with van der Waals surface area (Å²) < 4.78 is 0. The molecule has 0 unspecified atom stereocenters. The van der Waals surface area contributed by atoms with Crippen LogP contribution in [0, 0.1) is 0 Å². The zero-order valence-electron chi connectivity index (χ0n) is 8.86. The number of hydrogen-bond acceptors (Lipinski definition) is 3. The molecule has 1 amide bonds. The molecule has 0 saturated heterocycles. The Kier molecular flexibility index (Phi) is 3.22. The van der Waals surface area contributed by atoms with Gasteiger partial charge in [0, 0.05) is 18.1 Å². The fraction of sp³-hybridized carbons (Fsp3) is 0.0833. The van der Waals surface area contributed by atoms with E-state index in [1.165, 1.54) is 0 Å². The van der Waals surface area contributed by atoms with E-state index in [0.29, 0.717) is 5.56 Å². The van der Waals surface area contributed by atoms with Gasteiger partial charge in [0.2, 0.25) is 0 Å². The number of amides is 1. The minimum absolute atomic E-state index is 0.0941. The Balaban J connectivity index is 2.21. The molecule has 0 aliphatic carbocycles. The number of para-hydroxylation sites is 1. The third kappa shape index (κ3) is 2.23. The second kappa shape index (κ2) is 4.81. The van der Waals surface area contributed by atoms with Crippen molar-refractivity contribution >= 4 is 28.6 Å². The monoisotopic (exact) mass is 232 g/mol. The van der Waals surface area contributed by atoms with Crippen LogP contribution in [0.3, 0.4) is 0 Å². The Labute approximate surface area is 98.1 Å². The second-order valence-electron chi connectivity index (χ2n) is 3.26. The van der Waals surface area contributed by atoms with Gasteiger partial charge in [-0.05, 0) is 23.6 Å². The van der Waals surface area contributed by atoms with Crippen LogP contribution in [-0.4, -0.2) is 13.0 Å². The van der Waals surface area contributed by atoms with E-state index >= 15 is 0 Å². The highest BCUT2D eigenvalue weighted by Gasteiger charge is 2.09. The van der Waals surface area contributed by atoms with Crippen LogP contribution in [0.25, 0.3) is 0 Å². The number of carbonyl (C=O) groups excluding carboxylic acids is 1. The number of anilines is 2. The smallest absolute Gasteiger partial charge is 0.257 e. The van der Waals surface area contributed by atoms with Gasteiger partial charge in [0.15, 0.2) is 0 Å². The lowest BCUT2D eigenvalue weighted by atomic mass is 10.1. The van der Waals surface area contributed by atoms with E-state index in [1.807, 2.05) is 35.0 Å². The molecule has 0 saturated carbocycles. The Morgan fingerprint density at radius 2 is 2.06 bits per heavy atom. The molecule has 0 aliphatic rings. The maximum atomic E-state index is 11.9. The van der Waals surface area contributed by atoms with Gasteiger partial charge in [0.25, 0.3) is 5.91 Å². The van der Waals surface area contributed by atoms with Gasteiger partial charge < -0.3 is 10.6 Å². The van der Waals surface area contributed by atoms with Crippen molar-refractivity contribution in [3.8, 4) is 0 Å². The molecule has 0 atom stereocenters. The molecule has 2 aromatic rings. The summed E-state index contributed by atoms with van der Waals surface area (Å²) in [5.74, 6) is -0.0941. The highest BCUT2D eigenvalue weighted by molar-refractivity contribution is 7.08. The van der Waals surface area contributed by atoms with Crippen LogP contribution in [0.2, 0.25) is 0 Å². The average molecular weight is 232 g/mol. The Hall–Kier alpha value is -1.81. The predicted octanol–water partition coefficient (Wildman–Crippen LogP) is 3.04. The molecule has 1 aromatic heterocycles. The molecule has 16 heavy (non-hydrogen) atoms. The highest BCUT2D eigenvalue weighted by atomic mass is 32.1. The van der Waals surface area contributed by atoms with Gasteiger partial charge in [-0.25, -0.2) is 0 Å². The summed E-state index contributed by atoms with van der Waals surface area (Å²) in [7, 11) is 1.80. The van der Waals surface area contributed by atoms with E-state index in [1.54, 1.807) is 24.5 Å². The number of nitrogens with one attached hydrogen (secondary N) is 2. The molecule has 82 valence electrons. The Bertz CT molecular complexity index is 480. The van der Waals surface area contributed by atoms with Gasteiger partial charge in [-0.3, -0.25) is 4.79 Å². The molecule has 0 bridgehead atoms. The lowest BCUT2D eigenvalue weighted by Crippen LogP contribution is -2.13. The van der Waals surface area contributed by atoms with E-state index in [4.69, 9.17) is 0 Å². The van der Waals surface area contributed by atoms with Crippen molar-refractivity contribution in [2.45, 2.75) is 0 Å². The van der Waals surface area contributed by atoms with Crippen molar-refractivity contribution in [2.75, 3.05) is 17.7 Å². The van der Waals surface area contributed by atoms with Crippen molar-refractivity contribution in [1.82, 2.24) is 0 Å². The number of thiophene rings is 1. The van der Waals surface area contributed by atoms with Crippen molar-refractivity contribution in [3.63, 3.8) is 0 Å². The fourth-order valence-corrected chi connectivity index (χ4v) is 2.02. The van der Waals surface area contributed by atoms with Gasteiger partial charge >= 0.3 is 0 Å². The van der Waals surface area contributed by atoms with Crippen molar-refractivity contribution in [3.05, 3.63) is 46.7 Å². The van der Waals surface area contributed by atoms with Crippen molar-refractivity contribution in [1.29, 1.82) is 0 Å². The number of benzene rings is 1. The number of carbonyl (C=O) groups is 1. The van der Waals surface area contributed by atoms with E-state index in [2.05, 4.69) is 10.6 Å². The Morgan fingerprint density at radius 3 is 2.75 bits per heavy atom. The second-order valence-corrected chi connectivity index (χ2v) is 4.04. The van der Waals surface area contributed by atoms with Crippen LogP contribution in [0.1, 0.15) is 10.4 Å². The molecule has 1 aromatic carbocycles. The van der Waals surface area contributed by atoms with Crippen molar-refractivity contribution in [2.24, 2.45) is 0 Å². The number of rotatable bonds is 3. The van der Waals surface area contributed by atoms with E-state index in [-0.39, 0.29) is 5.91 Å². The maximum Gasteiger partial charge on any atom is 0.257 e. The lowest BCUT2D eigenvalue weighted by molar-refractivity contribution is 0.102. The van der Waals surface area contributed by atoms with Crippen LogP contribution >= 0.6 is 11.3 Å². The number of hydrogen-bond donors (Lipinski definition) is 2. The van der Waals surface area contributed by atoms with Crippen LogP contribution < -0.4 is 10.6 Å². The topological polar surface area (TPSA) is 41.1 Å². The summed E-state index contributed by atoms with van der Waals surface area (Å²) in [6, 6.07) is 9.30. The quantitative estimate of drug-likeness (QED) is 0.854. The molecular formula is C12H12N2OS.